The zero-order valence-electron chi connectivity index (χ0n) is 9.93. The third kappa shape index (κ3) is 3.58. The van der Waals surface area contributed by atoms with E-state index in [9.17, 15) is 4.79 Å². The molecule has 17 heavy (non-hydrogen) atoms. The number of hydrogen-bond donors (Lipinski definition) is 0. The molecule has 1 aromatic carbocycles. The van der Waals surface area contributed by atoms with Crippen LogP contribution >= 0.6 is 11.8 Å². The van der Waals surface area contributed by atoms with Crippen LogP contribution < -0.4 is 0 Å². The fraction of sp³-hybridized carbons (Fsp3) is 0.500. The van der Waals surface area contributed by atoms with E-state index in [1.54, 1.807) is 11.8 Å². The van der Waals surface area contributed by atoms with Gasteiger partial charge in [-0.3, -0.25) is 0 Å². The largest absolute Gasteiger partial charge is 0.377 e. The van der Waals surface area contributed by atoms with Crippen LogP contribution in [0.25, 0.3) is 0 Å². The second kappa shape index (κ2) is 6.22. The van der Waals surface area contributed by atoms with Crippen molar-refractivity contribution in [2.45, 2.75) is 30.6 Å². The summed E-state index contributed by atoms with van der Waals surface area (Å²) in [5, 5.41) is 0. The van der Waals surface area contributed by atoms with E-state index in [4.69, 9.17) is 4.74 Å². The average Bonchev–Trinajstić information content (AvgIpc) is 2.85. The van der Waals surface area contributed by atoms with Crippen molar-refractivity contribution in [3.8, 4) is 0 Å². The van der Waals surface area contributed by atoms with Crippen molar-refractivity contribution in [3.63, 3.8) is 0 Å². The van der Waals surface area contributed by atoms with Crippen LogP contribution in [-0.4, -0.2) is 23.4 Å². The van der Waals surface area contributed by atoms with Gasteiger partial charge in [0.15, 0.2) is 0 Å². The third-order valence-corrected chi connectivity index (χ3v) is 4.70. The minimum absolute atomic E-state index is 0.156. The number of ether oxygens (including phenoxy) is 1. The second-order valence-electron chi connectivity index (χ2n) is 4.42. The number of carbonyl (C=O) groups excluding carboxylic acids is 1. The van der Waals surface area contributed by atoms with Gasteiger partial charge in [-0.25, -0.2) is 0 Å². The predicted molar refractivity (Wildman–Crippen MR) is 71.2 cm³/mol. The first-order valence-corrected chi connectivity index (χ1v) is 7.05. The van der Waals surface area contributed by atoms with Gasteiger partial charge >= 0.3 is 0 Å². The molecule has 0 bridgehead atoms. The lowest BCUT2D eigenvalue weighted by Gasteiger charge is -2.20. The van der Waals surface area contributed by atoms with Crippen molar-refractivity contribution >= 4 is 18.0 Å². The molecule has 0 amide bonds. The van der Waals surface area contributed by atoms with Crippen LogP contribution in [0.2, 0.25) is 0 Å². The minimum atomic E-state index is -0.156. The van der Waals surface area contributed by atoms with E-state index in [0.29, 0.717) is 13.2 Å². The first-order valence-electron chi connectivity index (χ1n) is 6.07. The number of hydrogen-bond acceptors (Lipinski definition) is 3. The lowest BCUT2D eigenvalue weighted by molar-refractivity contribution is -0.110. The first-order chi connectivity index (χ1) is 8.35. The van der Waals surface area contributed by atoms with Gasteiger partial charge in [0, 0.05) is 6.61 Å². The van der Waals surface area contributed by atoms with Crippen LogP contribution in [-0.2, 0) is 16.1 Å². The summed E-state index contributed by atoms with van der Waals surface area (Å²) in [5.74, 6) is 1.11. The van der Waals surface area contributed by atoms with Gasteiger partial charge in [0.2, 0.25) is 0 Å². The molecule has 1 unspecified atom stereocenters. The minimum Gasteiger partial charge on any atom is -0.377 e. The number of carbonyl (C=O) groups is 1. The summed E-state index contributed by atoms with van der Waals surface area (Å²) >= 11 is 1.79. The summed E-state index contributed by atoms with van der Waals surface area (Å²) < 4.78 is 5.48. The third-order valence-electron chi connectivity index (χ3n) is 3.13. The van der Waals surface area contributed by atoms with E-state index < -0.39 is 0 Å². The highest BCUT2D eigenvalue weighted by molar-refractivity contribution is 8.01. The summed E-state index contributed by atoms with van der Waals surface area (Å²) in [4.78, 5) is 11.1. The number of thioether (sulfide) groups is 1. The van der Waals surface area contributed by atoms with Crippen molar-refractivity contribution in [1.82, 2.24) is 0 Å². The molecular formula is C14H18O2S. The van der Waals surface area contributed by atoms with Gasteiger partial charge in [0.25, 0.3) is 0 Å². The number of rotatable bonds is 6. The normalized spacial score (nSPS) is 23.8. The molecule has 1 saturated heterocycles. The zero-order chi connectivity index (χ0) is 12.0. The van der Waals surface area contributed by atoms with Crippen molar-refractivity contribution in [2.24, 2.45) is 0 Å². The van der Waals surface area contributed by atoms with E-state index in [1.165, 1.54) is 5.56 Å². The zero-order valence-corrected chi connectivity index (χ0v) is 10.7. The smallest absolute Gasteiger partial charge is 0.136 e. The van der Waals surface area contributed by atoms with Gasteiger partial charge in [0.05, 0.1) is 11.4 Å². The van der Waals surface area contributed by atoms with Crippen LogP contribution in [0.3, 0.4) is 0 Å². The van der Waals surface area contributed by atoms with Gasteiger partial charge in [-0.05, 0) is 30.6 Å². The maximum absolute atomic E-state index is 11.1. The van der Waals surface area contributed by atoms with E-state index in [0.717, 1.165) is 31.3 Å². The molecule has 0 radical (unpaired) electrons. The van der Waals surface area contributed by atoms with Crippen LogP contribution in [0.5, 0.6) is 0 Å². The molecule has 3 heteroatoms. The molecule has 1 atom stereocenters. The first kappa shape index (κ1) is 12.7. The highest BCUT2D eigenvalue weighted by Gasteiger charge is 2.33. The molecule has 1 heterocycles. The van der Waals surface area contributed by atoms with Crippen LogP contribution in [0.15, 0.2) is 30.3 Å². The molecule has 1 aliphatic rings. The second-order valence-corrected chi connectivity index (χ2v) is 5.93. The molecule has 0 aromatic heterocycles. The SMILES string of the molecule is O=CC1(CCOCc2ccccc2)CCCS1. The highest BCUT2D eigenvalue weighted by atomic mass is 32.2. The maximum Gasteiger partial charge on any atom is 0.136 e. The van der Waals surface area contributed by atoms with Crippen molar-refractivity contribution in [2.75, 3.05) is 12.4 Å². The van der Waals surface area contributed by atoms with Gasteiger partial charge in [-0.1, -0.05) is 30.3 Å². The molecule has 2 rings (SSSR count). The molecule has 0 N–H and O–H groups in total. The number of benzene rings is 1. The Hall–Kier alpha value is -0.800. The Morgan fingerprint density at radius 2 is 2.18 bits per heavy atom. The maximum atomic E-state index is 11.1. The molecule has 92 valence electrons. The molecule has 0 saturated carbocycles. The highest BCUT2D eigenvalue weighted by Crippen LogP contribution is 2.39. The van der Waals surface area contributed by atoms with Crippen molar-refractivity contribution < 1.29 is 9.53 Å². The fourth-order valence-corrected chi connectivity index (χ4v) is 3.36. The van der Waals surface area contributed by atoms with Crippen LogP contribution in [0.4, 0.5) is 0 Å². The van der Waals surface area contributed by atoms with Crippen molar-refractivity contribution in [1.29, 1.82) is 0 Å². The topological polar surface area (TPSA) is 26.3 Å². The predicted octanol–water partition coefficient (Wildman–Crippen LogP) is 3.06. The Balaban J connectivity index is 1.71. The Bertz CT molecular complexity index is 344. The van der Waals surface area contributed by atoms with Gasteiger partial charge < -0.3 is 9.53 Å². The lowest BCUT2D eigenvalue weighted by atomic mass is 10.0. The number of aldehydes is 1. The van der Waals surface area contributed by atoms with Crippen LogP contribution in [0.1, 0.15) is 24.8 Å². The van der Waals surface area contributed by atoms with E-state index in [-0.39, 0.29) is 4.75 Å². The molecule has 1 aromatic rings. The summed E-state index contributed by atoms with van der Waals surface area (Å²) in [6.07, 6.45) is 4.13. The van der Waals surface area contributed by atoms with Gasteiger partial charge in [-0.2, -0.15) is 0 Å². The molecule has 2 nitrogen and oxygen atoms in total. The summed E-state index contributed by atoms with van der Waals surface area (Å²) in [6, 6.07) is 10.1. The monoisotopic (exact) mass is 250 g/mol. The Morgan fingerprint density at radius 3 is 2.82 bits per heavy atom. The Kier molecular flexibility index (Phi) is 4.63. The standard InChI is InChI=1S/C14H18O2S/c15-12-14(7-4-10-17-14)8-9-16-11-13-5-2-1-3-6-13/h1-3,5-6,12H,4,7-11H2. The van der Waals surface area contributed by atoms with Gasteiger partial charge in [0.1, 0.15) is 6.29 Å². The van der Waals surface area contributed by atoms with Gasteiger partial charge in [-0.15, -0.1) is 11.8 Å². The summed E-state index contributed by atoms with van der Waals surface area (Å²) in [5.41, 5.74) is 1.19. The fourth-order valence-electron chi connectivity index (χ4n) is 2.08. The lowest BCUT2D eigenvalue weighted by Crippen LogP contribution is -2.25. The molecule has 1 fully saturated rings. The molecule has 0 aliphatic carbocycles. The summed E-state index contributed by atoms with van der Waals surface area (Å²) in [7, 11) is 0. The quantitative estimate of drug-likeness (QED) is 0.573. The van der Waals surface area contributed by atoms with Crippen molar-refractivity contribution in [3.05, 3.63) is 35.9 Å². The molecule has 0 spiro atoms. The molecular weight excluding hydrogens is 232 g/mol. The Labute approximate surface area is 107 Å². The van der Waals surface area contributed by atoms with E-state index in [2.05, 4.69) is 12.1 Å². The van der Waals surface area contributed by atoms with E-state index >= 15 is 0 Å². The molecule has 1 aliphatic heterocycles. The van der Waals surface area contributed by atoms with E-state index in [1.807, 2.05) is 18.2 Å². The average molecular weight is 250 g/mol. The van der Waals surface area contributed by atoms with Crippen LogP contribution in [0, 0.1) is 0 Å². The summed E-state index contributed by atoms with van der Waals surface area (Å²) in [6.45, 7) is 1.31. The Morgan fingerprint density at radius 1 is 1.35 bits per heavy atom.